The number of nitrogens with zero attached hydrogens (tertiary/aromatic N) is 2. The van der Waals surface area contributed by atoms with Crippen LogP contribution in [0.25, 0.3) is 0 Å². The quantitative estimate of drug-likeness (QED) is 0.598. The molecule has 2 amide bonds. The fourth-order valence-corrected chi connectivity index (χ4v) is 5.58. The molecule has 178 valence electrons. The molecule has 1 N–H and O–H groups in total. The number of carbonyl (C=O) groups is 2. The molecule has 0 saturated carbocycles. The molecule has 1 aliphatic rings. The van der Waals surface area contributed by atoms with E-state index in [0.29, 0.717) is 51.5 Å². The largest absolute Gasteiger partial charge is 0.351 e. The number of benzene rings is 2. The molecule has 2 aromatic carbocycles. The first-order valence-corrected chi connectivity index (χ1v) is 12.8. The van der Waals surface area contributed by atoms with Crippen molar-refractivity contribution in [2.24, 2.45) is 11.8 Å². The second-order valence-electron chi connectivity index (χ2n) is 9.30. The van der Waals surface area contributed by atoms with Gasteiger partial charge >= 0.3 is 0 Å². The Hall–Kier alpha value is -2.51. The fourth-order valence-electron chi connectivity index (χ4n) is 4.24. The van der Waals surface area contributed by atoms with Crippen molar-refractivity contribution in [1.29, 1.82) is 0 Å². The maximum absolute atomic E-state index is 13.3. The standard InChI is InChI=1S/C26H35N3O3S/c1-6-29-22-15-20(25(30)27-13-14-28(16-18(2)3)17-19(4)5)11-12-24(22)33(32)23-10-8-7-9-21(23)26(29)31/h7-12,15,18-19H,6,13-14,16-17H2,1-5H3,(H,27,30). The van der Waals surface area contributed by atoms with Gasteiger partial charge in [0.15, 0.2) is 0 Å². The number of nitrogens with one attached hydrogen (secondary N) is 1. The van der Waals surface area contributed by atoms with Gasteiger partial charge in [0.2, 0.25) is 0 Å². The van der Waals surface area contributed by atoms with Crippen LogP contribution in [0.5, 0.6) is 0 Å². The highest BCUT2D eigenvalue weighted by Crippen LogP contribution is 2.35. The molecule has 0 spiro atoms. The van der Waals surface area contributed by atoms with Gasteiger partial charge in [-0.15, -0.1) is 0 Å². The van der Waals surface area contributed by atoms with Crippen molar-refractivity contribution in [2.45, 2.75) is 44.4 Å². The average Bonchev–Trinajstić information content (AvgIpc) is 2.86. The molecule has 1 unspecified atom stereocenters. The van der Waals surface area contributed by atoms with Gasteiger partial charge in [-0.3, -0.25) is 9.59 Å². The maximum Gasteiger partial charge on any atom is 0.259 e. The van der Waals surface area contributed by atoms with E-state index < -0.39 is 10.8 Å². The minimum absolute atomic E-state index is 0.192. The molecule has 0 aromatic heterocycles. The molecule has 33 heavy (non-hydrogen) atoms. The smallest absolute Gasteiger partial charge is 0.259 e. The number of rotatable bonds is 9. The number of hydrogen-bond donors (Lipinski definition) is 1. The third kappa shape index (κ3) is 5.89. The van der Waals surface area contributed by atoms with Gasteiger partial charge in [0.05, 0.1) is 31.8 Å². The summed E-state index contributed by atoms with van der Waals surface area (Å²) in [5.74, 6) is 0.733. The second-order valence-corrected chi connectivity index (χ2v) is 10.7. The molecular formula is C26H35N3O3S. The van der Waals surface area contributed by atoms with Gasteiger partial charge in [-0.1, -0.05) is 39.8 Å². The Morgan fingerprint density at radius 1 is 1.03 bits per heavy atom. The summed E-state index contributed by atoms with van der Waals surface area (Å²) in [5.41, 5.74) is 1.43. The maximum atomic E-state index is 13.3. The van der Waals surface area contributed by atoms with Crippen LogP contribution in [-0.2, 0) is 10.8 Å². The molecule has 0 fully saturated rings. The Balaban J connectivity index is 1.79. The van der Waals surface area contributed by atoms with E-state index >= 15 is 0 Å². The molecule has 0 saturated heterocycles. The molecule has 1 atom stereocenters. The highest BCUT2D eigenvalue weighted by molar-refractivity contribution is 7.85. The summed E-state index contributed by atoms with van der Waals surface area (Å²) in [4.78, 5) is 31.1. The van der Waals surface area contributed by atoms with E-state index in [9.17, 15) is 13.8 Å². The van der Waals surface area contributed by atoms with Crippen molar-refractivity contribution in [3.8, 4) is 0 Å². The molecule has 0 radical (unpaired) electrons. The van der Waals surface area contributed by atoms with Crippen LogP contribution in [0.2, 0.25) is 0 Å². The van der Waals surface area contributed by atoms with Gasteiger partial charge < -0.3 is 15.1 Å². The Labute approximate surface area is 199 Å². The van der Waals surface area contributed by atoms with Crippen LogP contribution >= 0.6 is 0 Å². The third-order valence-electron chi connectivity index (χ3n) is 5.55. The van der Waals surface area contributed by atoms with Crippen molar-refractivity contribution in [2.75, 3.05) is 37.6 Å². The van der Waals surface area contributed by atoms with Crippen LogP contribution in [0.15, 0.2) is 52.3 Å². The van der Waals surface area contributed by atoms with Crippen molar-refractivity contribution >= 4 is 28.3 Å². The number of carbonyl (C=O) groups excluding carboxylic acids is 2. The highest BCUT2D eigenvalue weighted by atomic mass is 32.2. The van der Waals surface area contributed by atoms with Gasteiger partial charge in [-0.2, -0.15) is 0 Å². The van der Waals surface area contributed by atoms with E-state index in [1.54, 1.807) is 47.4 Å². The summed E-state index contributed by atoms with van der Waals surface area (Å²) < 4.78 is 13.3. The first kappa shape index (κ1) is 25.1. The van der Waals surface area contributed by atoms with Crippen LogP contribution in [-0.4, -0.2) is 53.6 Å². The number of fused-ring (bicyclic) bond motifs is 2. The van der Waals surface area contributed by atoms with Crippen LogP contribution in [0.4, 0.5) is 5.69 Å². The lowest BCUT2D eigenvalue weighted by Gasteiger charge is -2.26. The molecule has 1 heterocycles. The first-order valence-electron chi connectivity index (χ1n) is 11.7. The summed E-state index contributed by atoms with van der Waals surface area (Å²) in [6.07, 6.45) is 0. The van der Waals surface area contributed by atoms with E-state index in [2.05, 4.69) is 37.9 Å². The minimum atomic E-state index is -1.50. The van der Waals surface area contributed by atoms with Crippen molar-refractivity contribution in [3.05, 3.63) is 53.6 Å². The molecule has 1 aliphatic heterocycles. The summed E-state index contributed by atoms with van der Waals surface area (Å²) in [7, 11) is -1.50. The Morgan fingerprint density at radius 3 is 2.33 bits per heavy atom. The normalized spacial score (nSPS) is 15.6. The zero-order chi connectivity index (χ0) is 24.1. The topological polar surface area (TPSA) is 69.7 Å². The zero-order valence-corrected chi connectivity index (χ0v) is 21.1. The Bertz CT molecular complexity index is 1030. The third-order valence-corrected chi connectivity index (χ3v) is 7.05. The summed E-state index contributed by atoms with van der Waals surface area (Å²) >= 11 is 0. The predicted molar refractivity (Wildman–Crippen MR) is 133 cm³/mol. The average molecular weight is 470 g/mol. The van der Waals surface area contributed by atoms with E-state index in [1.165, 1.54) is 0 Å². The van der Waals surface area contributed by atoms with Gasteiger partial charge in [-0.25, -0.2) is 4.21 Å². The van der Waals surface area contributed by atoms with Crippen LogP contribution in [0, 0.1) is 11.8 Å². The summed E-state index contributed by atoms with van der Waals surface area (Å²) in [5, 5.41) is 3.01. The lowest BCUT2D eigenvalue weighted by Crippen LogP contribution is -2.38. The summed E-state index contributed by atoms with van der Waals surface area (Å²) in [6.45, 7) is 14.4. The molecule has 6 nitrogen and oxygen atoms in total. The van der Waals surface area contributed by atoms with Crippen molar-refractivity contribution < 1.29 is 13.8 Å². The van der Waals surface area contributed by atoms with E-state index in [1.807, 2.05) is 6.92 Å². The lowest BCUT2D eigenvalue weighted by atomic mass is 10.1. The van der Waals surface area contributed by atoms with Crippen molar-refractivity contribution in [1.82, 2.24) is 10.2 Å². The Kier molecular flexibility index (Phi) is 8.43. The van der Waals surface area contributed by atoms with E-state index in [4.69, 9.17) is 0 Å². The number of hydrogen-bond acceptors (Lipinski definition) is 4. The molecule has 2 aromatic rings. The van der Waals surface area contributed by atoms with Crippen molar-refractivity contribution in [3.63, 3.8) is 0 Å². The van der Waals surface area contributed by atoms with Gasteiger partial charge in [-0.05, 0) is 49.1 Å². The molecule has 0 bridgehead atoms. The monoisotopic (exact) mass is 469 g/mol. The molecular weight excluding hydrogens is 434 g/mol. The van der Waals surface area contributed by atoms with Crippen LogP contribution in [0.1, 0.15) is 55.3 Å². The fraction of sp³-hybridized carbons (Fsp3) is 0.462. The van der Waals surface area contributed by atoms with Crippen LogP contribution in [0.3, 0.4) is 0 Å². The van der Waals surface area contributed by atoms with Gasteiger partial charge in [0, 0.05) is 38.3 Å². The van der Waals surface area contributed by atoms with Gasteiger partial charge in [0.25, 0.3) is 11.8 Å². The number of amides is 2. The molecule has 0 aliphatic carbocycles. The number of anilines is 1. The van der Waals surface area contributed by atoms with Crippen LogP contribution < -0.4 is 10.2 Å². The highest BCUT2D eigenvalue weighted by Gasteiger charge is 2.30. The zero-order valence-electron chi connectivity index (χ0n) is 20.3. The minimum Gasteiger partial charge on any atom is -0.351 e. The Morgan fingerprint density at radius 2 is 1.70 bits per heavy atom. The van der Waals surface area contributed by atoms with E-state index in [-0.39, 0.29) is 11.8 Å². The summed E-state index contributed by atoms with van der Waals surface area (Å²) in [6, 6.07) is 12.1. The van der Waals surface area contributed by atoms with E-state index in [0.717, 1.165) is 19.6 Å². The van der Waals surface area contributed by atoms with Gasteiger partial charge in [0.1, 0.15) is 0 Å². The predicted octanol–water partition coefficient (Wildman–Crippen LogP) is 4.18. The molecule has 3 rings (SSSR count). The SMILES string of the molecule is CCN1C(=O)c2ccccc2S(=O)c2ccc(C(=O)NCCN(CC(C)C)CC(C)C)cc21. The second kappa shape index (κ2) is 11.1. The molecule has 7 heteroatoms. The lowest BCUT2D eigenvalue weighted by molar-refractivity contribution is 0.0943. The first-order chi connectivity index (χ1) is 15.7.